The Hall–Kier alpha value is -1.80. The van der Waals surface area contributed by atoms with Crippen molar-refractivity contribution in [2.75, 3.05) is 23.7 Å². The first kappa shape index (κ1) is 10.7. The van der Waals surface area contributed by atoms with Crippen LogP contribution in [0.5, 0.6) is 0 Å². The molecule has 1 fully saturated rings. The molecule has 0 aromatic carbocycles. The maximum atomic E-state index is 9.41. The predicted octanol–water partition coefficient (Wildman–Crippen LogP) is 0.497. The van der Waals surface area contributed by atoms with Crippen molar-refractivity contribution in [3.8, 4) is 6.07 Å². The van der Waals surface area contributed by atoms with E-state index in [0.29, 0.717) is 17.1 Å². The summed E-state index contributed by atoms with van der Waals surface area (Å²) in [5.74, 6) is 0.658. The quantitative estimate of drug-likeness (QED) is 0.716. The molecule has 1 aliphatic rings. The lowest BCUT2D eigenvalue weighted by Gasteiger charge is -2.31. The predicted molar refractivity (Wildman–Crippen MR) is 60.8 cm³/mol. The molecule has 84 valence electrons. The Bertz CT molecular complexity index is 418. The molecule has 2 heterocycles. The van der Waals surface area contributed by atoms with Crippen LogP contribution in [0.1, 0.15) is 18.4 Å². The van der Waals surface area contributed by atoms with E-state index in [2.05, 4.69) is 4.98 Å². The van der Waals surface area contributed by atoms with Crippen molar-refractivity contribution < 1.29 is 5.11 Å². The summed E-state index contributed by atoms with van der Waals surface area (Å²) in [5.41, 5.74) is 6.76. The third-order valence-electron chi connectivity index (χ3n) is 2.85. The minimum atomic E-state index is -0.225. The number of hydrogen-bond acceptors (Lipinski definition) is 5. The molecule has 0 radical (unpaired) electrons. The summed E-state index contributed by atoms with van der Waals surface area (Å²) in [4.78, 5) is 6.22. The number of aliphatic hydroxyl groups is 1. The number of anilines is 2. The van der Waals surface area contributed by atoms with Crippen molar-refractivity contribution in [1.82, 2.24) is 4.98 Å². The van der Waals surface area contributed by atoms with Crippen LogP contribution in [0.15, 0.2) is 12.3 Å². The zero-order chi connectivity index (χ0) is 11.5. The molecule has 16 heavy (non-hydrogen) atoms. The first-order valence-electron chi connectivity index (χ1n) is 5.30. The lowest BCUT2D eigenvalue weighted by molar-refractivity contribution is 0.145. The topological polar surface area (TPSA) is 86.2 Å². The average molecular weight is 218 g/mol. The molecule has 1 aromatic heterocycles. The van der Waals surface area contributed by atoms with E-state index in [4.69, 9.17) is 11.0 Å². The molecule has 1 saturated heterocycles. The van der Waals surface area contributed by atoms with Gasteiger partial charge in [-0.25, -0.2) is 4.98 Å². The fraction of sp³-hybridized carbons (Fsp3) is 0.455. The van der Waals surface area contributed by atoms with Gasteiger partial charge in [-0.2, -0.15) is 5.26 Å². The van der Waals surface area contributed by atoms with Crippen LogP contribution < -0.4 is 10.6 Å². The Morgan fingerprint density at radius 2 is 2.19 bits per heavy atom. The fourth-order valence-corrected chi connectivity index (χ4v) is 1.89. The van der Waals surface area contributed by atoms with Gasteiger partial charge >= 0.3 is 0 Å². The zero-order valence-corrected chi connectivity index (χ0v) is 8.93. The molecular weight excluding hydrogens is 204 g/mol. The van der Waals surface area contributed by atoms with Crippen LogP contribution in [0.4, 0.5) is 11.5 Å². The maximum Gasteiger partial charge on any atom is 0.153 e. The molecule has 0 aliphatic carbocycles. The highest BCUT2D eigenvalue weighted by Crippen LogP contribution is 2.26. The first-order chi connectivity index (χ1) is 7.72. The summed E-state index contributed by atoms with van der Waals surface area (Å²) in [6, 6.07) is 3.65. The van der Waals surface area contributed by atoms with E-state index in [1.165, 1.54) is 0 Å². The number of aromatic nitrogens is 1. The average Bonchev–Trinajstić information content (AvgIpc) is 2.31. The van der Waals surface area contributed by atoms with Gasteiger partial charge in [-0.3, -0.25) is 0 Å². The monoisotopic (exact) mass is 218 g/mol. The second-order valence-corrected chi connectivity index (χ2v) is 3.93. The van der Waals surface area contributed by atoms with Gasteiger partial charge in [0, 0.05) is 19.3 Å². The van der Waals surface area contributed by atoms with Gasteiger partial charge < -0.3 is 15.7 Å². The number of aliphatic hydroxyl groups excluding tert-OH is 1. The highest BCUT2D eigenvalue weighted by molar-refractivity contribution is 5.70. The van der Waals surface area contributed by atoms with E-state index >= 15 is 0 Å². The summed E-state index contributed by atoms with van der Waals surface area (Å²) in [7, 11) is 0. The molecular formula is C11H14N4O. The van der Waals surface area contributed by atoms with E-state index in [9.17, 15) is 5.11 Å². The Labute approximate surface area is 94.1 Å². The number of pyridine rings is 1. The molecule has 0 bridgehead atoms. The van der Waals surface area contributed by atoms with Gasteiger partial charge in [0.05, 0.1) is 17.4 Å². The smallest absolute Gasteiger partial charge is 0.153 e. The van der Waals surface area contributed by atoms with E-state index < -0.39 is 0 Å². The molecule has 1 aliphatic heterocycles. The standard InChI is InChI=1S/C11H14N4O/c12-7-8-1-4-14-11(10(8)13)15-5-2-9(16)3-6-15/h1,4,9,16H,2-3,5-6,13H2. The molecule has 2 rings (SSSR count). The largest absolute Gasteiger partial charge is 0.395 e. The number of nitrogens with zero attached hydrogens (tertiary/aromatic N) is 3. The van der Waals surface area contributed by atoms with Crippen molar-refractivity contribution in [2.24, 2.45) is 0 Å². The van der Waals surface area contributed by atoms with Gasteiger partial charge in [0.15, 0.2) is 5.82 Å². The maximum absolute atomic E-state index is 9.41. The van der Waals surface area contributed by atoms with Crippen LogP contribution in [-0.4, -0.2) is 29.3 Å². The Morgan fingerprint density at radius 1 is 1.50 bits per heavy atom. The molecule has 5 nitrogen and oxygen atoms in total. The molecule has 3 N–H and O–H groups in total. The van der Waals surface area contributed by atoms with Crippen LogP contribution in [0.2, 0.25) is 0 Å². The summed E-state index contributed by atoms with van der Waals surface area (Å²) in [5, 5.41) is 18.3. The Morgan fingerprint density at radius 3 is 2.81 bits per heavy atom. The molecule has 0 unspecified atom stereocenters. The van der Waals surface area contributed by atoms with Crippen LogP contribution >= 0.6 is 0 Å². The summed E-state index contributed by atoms with van der Waals surface area (Å²) in [6.45, 7) is 1.46. The minimum absolute atomic E-state index is 0.225. The minimum Gasteiger partial charge on any atom is -0.395 e. The van der Waals surface area contributed by atoms with E-state index in [1.54, 1.807) is 12.3 Å². The van der Waals surface area contributed by atoms with Crippen LogP contribution in [0.3, 0.4) is 0 Å². The molecule has 0 saturated carbocycles. The van der Waals surface area contributed by atoms with Crippen molar-refractivity contribution in [1.29, 1.82) is 5.26 Å². The van der Waals surface area contributed by atoms with E-state index in [0.717, 1.165) is 25.9 Å². The number of rotatable bonds is 1. The first-order valence-corrected chi connectivity index (χ1v) is 5.30. The third kappa shape index (κ3) is 1.92. The Balaban J connectivity index is 2.24. The van der Waals surface area contributed by atoms with Crippen LogP contribution in [-0.2, 0) is 0 Å². The van der Waals surface area contributed by atoms with Crippen molar-refractivity contribution in [2.45, 2.75) is 18.9 Å². The summed E-state index contributed by atoms with van der Waals surface area (Å²) >= 11 is 0. The lowest BCUT2D eigenvalue weighted by atomic mass is 10.1. The number of nitriles is 1. The summed E-state index contributed by atoms with van der Waals surface area (Å²) in [6.07, 6.45) is 2.81. The van der Waals surface area contributed by atoms with Crippen molar-refractivity contribution >= 4 is 11.5 Å². The SMILES string of the molecule is N#Cc1ccnc(N2CCC(O)CC2)c1N. The lowest BCUT2D eigenvalue weighted by Crippen LogP contribution is -2.36. The van der Waals surface area contributed by atoms with Gasteiger partial charge in [-0.1, -0.05) is 0 Å². The molecule has 5 heteroatoms. The summed E-state index contributed by atoms with van der Waals surface area (Å²) < 4.78 is 0. The molecule has 0 atom stereocenters. The second-order valence-electron chi connectivity index (χ2n) is 3.93. The van der Waals surface area contributed by atoms with Gasteiger partial charge in [0.2, 0.25) is 0 Å². The highest BCUT2D eigenvalue weighted by atomic mass is 16.3. The van der Waals surface area contributed by atoms with E-state index in [-0.39, 0.29) is 6.10 Å². The van der Waals surface area contributed by atoms with Crippen LogP contribution in [0, 0.1) is 11.3 Å². The van der Waals surface area contributed by atoms with Crippen molar-refractivity contribution in [3.05, 3.63) is 17.8 Å². The van der Waals surface area contributed by atoms with Gasteiger partial charge in [0.1, 0.15) is 6.07 Å². The highest BCUT2D eigenvalue weighted by Gasteiger charge is 2.20. The molecule has 0 spiro atoms. The second kappa shape index (κ2) is 4.37. The zero-order valence-electron chi connectivity index (χ0n) is 8.93. The fourth-order valence-electron chi connectivity index (χ4n) is 1.89. The molecule has 1 aromatic rings. The number of hydrogen-bond donors (Lipinski definition) is 2. The van der Waals surface area contributed by atoms with Crippen molar-refractivity contribution in [3.63, 3.8) is 0 Å². The Kier molecular flexibility index (Phi) is 2.93. The van der Waals surface area contributed by atoms with Crippen LogP contribution in [0.25, 0.3) is 0 Å². The van der Waals surface area contributed by atoms with Gasteiger partial charge in [0.25, 0.3) is 0 Å². The number of piperidine rings is 1. The third-order valence-corrected chi connectivity index (χ3v) is 2.85. The van der Waals surface area contributed by atoms with Gasteiger partial charge in [-0.15, -0.1) is 0 Å². The normalized spacial score (nSPS) is 17.1. The number of nitrogens with two attached hydrogens (primary N) is 1. The van der Waals surface area contributed by atoms with E-state index in [1.807, 2.05) is 11.0 Å². The van der Waals surface area contributed by atoms with Gasteiger partial charge in [-0.05, 0) is 18.9 Å². The molecule has 0 amide bonds. The number of nitrogen functional groups attached to an aromatic ring is 1.